The van der Waals surface area contributed by atoms with Crippen LogP contribution in [-0.2, 0) is 4.79 Å². The zero-order chi connectivity index (χ0) is 12.5. The van der Waals surface area contributed by atoms with Gasteiger partial charge >= 0.3 is 0 Å². The van der Waals surface area contributed by atoms with Crippen LogP contribution in [0.3, 0.4) is 0 Å². The number of hydrogen-bond donors (Lipinski definition) is 1. The maximum Gasteiger partial charge on any atom is 0.260 e. The Morgan fingerprint density at radius 2 is 2.29 bits per heavy atom. The molecule has 0 bridgehead atoms. The summed E-state index contributed by atoms with van der Waals surface area (Å²) >= 11 is 5.79. The van der Waals surface area contributed by atoms with Crippen LogP contribution >= 0.6 is 11.6 Å². The second kappa shape index (κ2) is 4.55. The van der Waals surface area contributed by atoms with Gasteiger partial charge in [-0.05, 0) is 25.1 Å². The van der Waals surface area contributed by atoms with Crippen LogP contribution in [0.4, 0.5) is 0 Å². The molecule has 2 rings (SSSR count). The van der Waals surface area contributed by atoms with E-state index in [1.807, 2.05) is 0 Å². The number of halogens is 1. The smallest absolute Gasteiger partial charge is 0.260 e. The number of benzene rings is 1. The van der Waals surface area contributed by atoms with Crippen LogP contribution in [0.5, 0.6) is 5.75 Å². The van der Waals surface area contributed by atoms with Crippen molar-refractivity contribution in [3.05, 3.63) is 29.3 Å². The highest BCUT2D eigenvalue weighted by atomic mass is 35.5. The molecule has 0 unspecified atom stereocenters. The van der Waals surface area contributed by atoms with Crippen molar-refractivity contribution in [3.63, 3.8) is 0 Å². The fourth-order valence-corrected chi connectivity index (χ4v) is 1.93. The van der Waals surface area contributed by atoms with Crippen LogP contribution in [0.15, 0.2) is 24.3 Å². The lowest BCUT2D eigenvalue weighted by Gasteiger charge is -2.43. The summed E-state index contributed by atoms with van der Waals surface area (Å²) in [7, 11) is 0. The van der Waals surface area contributed by atoms with Crippen LogP contribution in [0, 0.1) is 0 Å². The first-order chi connectivity index (χ1) is 7.96. The van der Waals surface area contributed by atoms with E-state index in [0.717, 1.165) is 0 Å². The van der Waals surface area contributed by atoms with Crippen LogP contribution in [-0.4, -0.2) is 41.2 Å². The first-order valence-electron chi connectivity index (χ1n) is 5.35. The Balaban J connectivity index is 1.81. The van der Waals surface area contributed by atoms with Crippen molar-refractivity contribution >= 4 is 17.5 Å². The molecule has 0 spiro atoms. The normalized spacial score (nSPS) is 17.5. The number of carbonyl (C=O) groups excluding carboxylic acids is 1. The fraction of sp³-hybridized carbons (Fsp3) is 0.417. The van der Waals surface area contributed by atoms with Crippen molar-refractivity contribution < 1.29 is 14.6 Å². The topological polar surface area (TPSA) is 49.8 Å². The summed E-state index contributed by atoms with van der Waals surface area (Å²) in [6.45, 7) is 2.40. The van der Waals surface area contributed by atoms with Crippen molar-refractivity contribution in [2.45, 2.75) is 12.5 Å². The van der Waals surface area contributed by atoms with Crippen molar-refractivity contribution in [1.82, 2.24) is 4.90 Å². The zero-order valence-corrected chi connectivity index (χ0v) is 10.3. The van der Waals surface area contributed by atoms with Crippen molar-refractivity contribution in [2.75, 3.05) is 19.7 Å². The van der Waals surface area contributed by atoms with Gasteiger partial charge in [0.2, 0.25) is 0 Å². The number of β-amino-alcohol motifs (C(OH)–C–C–N with tert-alkyl or cyclic N) is 1. The number of nitrogens with zero attached hydrogens (tertiary/aromatic N) is 1. The van der Waals surface area contributed by atoms with E-state index in [9.17, 15) is 9.90 Å². The van der Waals surface area contributed by atoms with Crippen molar-refractivity contribution in [2.24, 2.45) is 0 Å². The molecular formula is C12H14ClNO3. The van der Waals surface area contributed by atoms with E-state index in [1.54, 1.807) is 36.1 Å². The van der Waals surface area contributed by atoms with Gasteiger partial charge in [0.05, 0.1) is 18.7 Å². The van der Waals surface area contributed by atoms with Crippen LogP contribution < -0.4 is 4.74 Å². The lowest BCUT2D eigenvalue weighted by Crippen LogP contribution is -2.62. The van der Waals surface area contributed by atoms with Gasteiger partial charge in [-0.25, -0.2) is 0 Å². The summed E-state index contributed by atoms with van der Waals surface area (Å²) in [4.78, 5) is 13.2. The second-order valence-electron chi connectivity index (χ2n) is 4.49. The highest BCUT2D eigenvalue weighted by Crippen LogP contribution is 2.21. The molecule has 0 radical (unpaired) electrons. The predicted octanol–water partition coefficient (Wildman–Crippen LogP) is 1.31. The molecule has 1 N–H and O–H groups in total. The molecule has 1 aliphatic rings. The van der Waals surface area contributed by atoms with Gasteiger partial charge in [0.1, 0.15) is 5.75 Å². The minimum atomic E-state index is -0.744. The van der Waals surface area contributed by atoms with E-state index in [4.69, 9.17) is 16.3 Å². The Labute approximate surface area is 105 Å². The van der Waals surface area contributed by atoms with E-state index < -0.39 is 5.60 Å². The van der Waals surface area contributed by atoms with E-state index in [-0.39, 0.29) is 12.5 Å². The van der Waals surface area contributed by atoms with Gasteiger partial charge in [-0.3, -0.25) is 4.79 Å². The van der Waals surface area contributed by atoms with Crippen molar-refractivity contribution in [1.29, 1.82) is 0 Å². The largest absolute Gasteiger partial charge is 0.484 e. The van der Waals surface area contributed by atoms with Gasteiger partial charge < -0.3 is 14.7 Å². The van der Waals surface area contributed by atoms with Crippen molar-refractivity contribution in [3.8, 4) is 5.75 Å². The molecule has 5 heteroatoms. The van der Waals surface area contributed by atoms with Gasteiger partial charge in [-0.2, -0.15) is 0 Å². The van der Waals surface area contributed by atoms with E-state index in [1.165, 1.54) is 0 Å². The van der Waals surface area contributed by atoms with E-state index in [2.05, 4.69) is 0 Å². The van der Waals surface area contributed by atoms with Crippen LogP contribution in [0.1, 0.15) is 6.92 Å². The molecule has 1 aromatic carbocycles. The number of ether oxygens (including phenoxy) is 1. The molecule has 0 atom stereocenters. The Morgan fingerprint density at radius 1 is 1.59 bits per heavy atom. The van der Waals surface area contributed by atoms with Gasteiger partial charge in [-0.15, -0.1) is 0 Å². The molecular weight excluding hydrogens is 242 g/mol. The van der Waals surface area contributed by atoms with E-state index in [0.29, 0.717) is 23.9 Å². The number of amides is 1. The molecule has 1 amide bonds. The SMILES string of the molecule is CC1(O)CN(C(=O)COc2cccc(Cl)c2)C1. The highest BCUT2D eigenvalue weighted by molar-refractivity contribution is 6.30. The summed E-state index contributed by atoms with van der Waals surface area (Å²) in [5.74, 6) is 0.439. The molecule has 0 aliphatic carbocycles. The quantitative estimate of drug-likeness (QED) is 0.886. The summed E-state index contributed by atoms with van der Waals surface area (Å²) in [6.07, 6.45) is 0. The Bertz CT molecular complexity index is 426. The molecule has 1 aromatic rings. The first-order valence-corrected chi connectivity index (χ1v) is 5.73. The third-order valence-corrected chi connectivity index (χ3v) is 2.81. The highest BCUT2D eigenvalue weighted by Gasteiger charge is 2.39. The molecule has 1 saturated heterocycles. The zero-order valence-electron chi connectivity index (χ0n) is 9.52. The van der Waals surface area contributed by atoms with E-state index >= 15 is 0 Å². The van der Waals surface area contributed by atoms with Crippen LogP contribution in [0.2, 0.25) is 5.02 Å². The molecule has 92 valence electrons. The first kappa shape index (κ1) is 12.2. The molecule has 1 fully saturated rings. The number of hydrogen-bond acceptors (Lipinski definition) is 3. The van der Waals surface area contributed by atoms with Gasteiger partial charge in [0.15, 0.2) is 6.61 Å². The van der Waals surface area contributed by atoms with Gasteiger partial charge in [-0.1, -0.05) is 17.7 Å². The Hall–Kier alpha value is -1.26. The molecule has 0 saturated carbocycles. The summed E-state index contributed by atoms with van der Waals surface area (Å²) in [5.41, 5.74) is -0.744. The maximum absolute atomic E-state index is 11.6. The van der Waals surface area contributed by atoms with Gasteiger partial charge in [0.25, 0.3) is 5.91 Å². The minimum absolute atomic E-state index is 0.0313. The summed E-state index contributed by atoms with van der Waals surface area (Å²) < 4.78 is 5.32. The summed E-state index contributed by atoms with van der Waals surface area (Å²) in [5, 5.41) is 10.1. The number of likely N-dealkylation sites (tertiary alicyclic amines) is 1. The predicted molar refractivity (Wildman–Crippen MR) is 64.2 cm³/mol. The summed E-state index contributed by atoms with van der Waals surface area (Å²) in [6, 6.07) is 6.89. The fourth-order valence-electron chi connectivity index (χ4n) is 1.75. The monoisotopic (exact) mass is 255 g/mol. The average molecular weight is 256 g/mol. The molecule has 4 nitrogen and oxygen atoms in total. The maximum atomic E-state index is 11.6. The van der Waals surface area contributed by atoms with Crippen LogP contribution in [0.25, 0.3) is 0 Å². The lowest BCUT2D eigenvalue weighted by molar-refractivity contribution is -0.154. The number of rotatable bonds is 3. The molecule has 1 aliphatic heterocycles. The second-order valence-corrected chi connectivity index (χ2v) is 4.93. The van der Waals surface area contributed by atoms with Gasteiger partial charge in [0, 0.05) is 5.02 Å². The Morgan fingerprint density at radius 3 is 2.88 bits per heavy atom. The molecule has 17 heavy (non-hydrogen) atoms. The number of aliphatic hydroxyl groups is 1. The average Bonchev–Trinajstić information content (AvgIpc) is 2.22. The molecule has 1 heterocycles. The third-order valence-electron chi connectivity index (χ3n) is 2.57. The molecule has 0 aromatic heterocycles. The standard InChI is InChI=1S/C12H14ClNO3/c1-12(16)7-14(8-12)11(15)6-17-10-4-2-3-9(13)5-10/h2-5,16H,6-8H2,1H3. The number of carbonyl (C=O) groups is 1. The third kappa shape index (κ3) is 3.11. The minimum Gasteiger partial charge on any atom is -0.484 e. The Kier molecular flexibility index (Phi) is 3.26. The lowest BCUT2D eigenvalue weighted by atomic mass is 9.97.